The van der Waals surface area contributed by atoms with Crippen LogP contribution in [0.25, 0.3) is 0 Å². The van der Waals surface area contributed by atoms with Crippen molar-refractivity contribution in [2.75, 3.05) is 17.7 Å². The Balaban J connectivity index is 0.00000288. The SMILES string of the molecule is Cc1ccc(C)c(OCCCCC(=O)Nc2ccccc2N)c1.Cl. The molecule has 130 valence electrons. The zero-order chi connectivity index (χ0) is 16.7. The van der Waals surface area contributed by atoms with E-state index in [9.17, 15) is 4.79 Å². The average molecular weight is 349 g/mol. The van der Waals surface area contributed by atoms with Crippen molar-refractivity contribution < 1.29 is 9.53 Å². The molecule has 0 bridgehead atoms. The van der Waals surface area contributed by atoms with Crippen molar-refractivity contribution in [3.05, 3.63) is 53.6 Å². The van der Waals surface area contributed by atoms with Gasteiger partial charge in [0.05, 0.1) is 18.0 Å². The molecular weight excluding hydrogens is 324 g/mol. The molecule has 0 spiro atoms. The summed E-state index contributed by atoms with van der Waals surface area (Å²) in [6.07, 6.45) is 2.08. The minimum absolute atomic E-state index is 0. The van der Waals surface area contributed by atoms with Gasteiger partial charge in [0.2, 0.25) is 5.91 Å². The van der Waals surface area contributed by atoms with E-state index >= 15 is 0 Å². The van der Waals surface area contributed by atoms with Crippen LogP contribution in [0.15, 0.2) is 42.5 Å². The van der Waals surface area contributed by atoms with Crippen LogP contribution in [0.2, 0.25) is 0 Å². The summed E-state index contributed by atoms with van der Waals surface area (Å²) in [5, 5.41) is 2.83. The minimum Gasteiger partial charge on any atom is -0.493 e. The molecule has 0 aliphatic carbocycles. The van der Waals surface area contributed by atoms with E-state index in [1.165, 1.54) is 5.56 Å². The van der Waals surface area contributed by atoms with E-state index in [4.69, 9.17) is 10.5 Å². The molecule has 0 unspecified atom stereocenters. The number of nitrogen functional groups attached to an aromatic ring is 1. The highest BCUT2D eigenvalue weighted by molar-refractivity contribution is 5.93. The largest absolute Gasteiger partial charge is 0.493 e. The number of carbonyl (C=O) groups excluding carboxylic acids is 1. The molecule has 0 aromatic heterocycles. The van der Waals surface area contributed by atoms with Crippen LogP contribution >= 0.6 is 12.4 Å². The molecule has 0 aliphatic heterocycles. The number of halogens is 1. The number of ether oxygens (including phenoxy) is 1. The molecule has 0 atom stereocenters. The number of nitrogens with two attached hydrogens (primary N) is 1. The van der Waals surface area contributed by atoms with Crippen LogP contribution in [0.5, 0.6) is 5.75 Å². The van der Waals surface area contributed by atoms with Crippen molar-refractivity contribution in [1.82, 2.24) is 0 Å². The van der Waals surface area contributed by atoms with Crippen molar-refractivity contribution in [3.63, 3.8) is 0 Å². The monoisotopic (exact) mass is 348 g/mol. The van der Waals surface area contributed by atoms with Crippen LogP contribution in [-0.2, 0) is 4.79 Å². The predicted octanol–water partition coefficient (Wildman–Crippen LogP) is 4.50. The molecule has 0 radical (unpaired) electrons. The lowest BCUT2D eigenvalue weighted by atomic mass is 10.1. The highest BCUT2D eigenvalue weighted by atomic mass is 35.5. The first-order valence-corrected chi connectivity index (χ1v) is 7.90. The number of benzene rings is 2. The number of hydrogen-bond acceptors (Lipinski definition) is 3. The van der Waals surface area contributed by atoms with E-state index in [-0.39, 0.29) is 18.3 Å². The smallest absolute Gasteiger partial charge is 0.224 e. The molecule has 2 aromatic carbocycles. The van der Waals surface area contributed by atoms with E-state index in [1.54, 1.807) is 12.1 Å². The molecule has 2 rings (SSSR count). The van der Waals surface area contributed by atoms with Gasteiger partial charge in [-0.3, -0.25) is 4.79 Å². The number of para-hydroxylation sites is 2. The summed E-state index contributed by atoms with van der Waals surface area (Å²) in [4.78, 5) is 11.9. The number of anilines is 2. The maximum Gasteiger partial charge on any atom is 0.224 e. The fourth-order valence-electron chi connectivity index (χ4n) is 2.26. The van der Waals surface area contributed by atoms with Crippen LogP contribution in [0.3, 0.4) is 0 Å². The van der Waals surface area contributed by atoms with E-state index in [2.05, 4.69) is 17.4 Å². The number of aryl methyl sites for hydroxylation is 2. The lowest BCUT2D eigenvalue weighted by Crippen LogP contribution is -2.13. The highest BCUT2D eigenvalue weighted by Gasteiger charge is 2.05. The zero-order valence-corrected chi connectivity index (χ0v) is 15.0. The van der Waals surface area contributed by atoms with E-state index < -0.39 is 0 Å². The Labute approximate surface area is 149 Å². The lowest BCUT2D eigenvalue weighted by Gasteiger charge is -2.10. The Bertz CT molecular complexity index is 674. The van der Waals surface area contributed by atoms with Gasteiger partial charge in [-0.1, -0.05) is 24.3 Å². The minimum atomic E-state index is -0.0189. The van der Waals surface area contributed by atoms with Crippen LogP contribution in [-0.4, -0.2) is 12.5 Å². The van der Waals surface area contributed by atoms with Crippen molar-refractivity contribution in [1.29, 1.82) is 0 Å². The number of amides is 1. The fourth-order valence-corrected chi connectivity index (χ4v) is 2.26. The molecule has 0 aliphatic rings. The third kappa shape index (κ3) is 6.13. The van der Waals surface area contributed by atoms with Crippen molar-refractivity contribution in [2.24, 2.45) is 0 Å². The van der Waals surface area contributed by atoms with E-state index in [0.717, 1.165) is 24.2 Å². The summed E-state index contributed by atoms with van der Waals surface area (Å²) in [6, 6.07) is 13.4. The van der Waals surface area contributed by atoms with Gasteiger partial charge in [0, 0.05) is 6.42 Å². The first-order valence-electron chi connectivity index (χ1n) is 7.90. The summed E-state index contributed by atoms with van der Waals surface area (Å²) in [6.45, 7) is 4.70. The summed E-state index contributed by atoms with van der Waals surface area (Å²) in [5.41, 5.74) is 9.37. The maximum absolute atomic E-state index is 11.9. The van der Waals surface area contributed by atoms with Gasteiger partial charge in [-0.25, -0.2) is 0 Å². The van der Waals surface area contributed by atoms with E-state index in [0.29, 0.717) is 24.4 Å². The summed E-state index contributed by atoms with van der Waals surface area (Å²) in [5.74, 6) is 0.904. The van der Waals surface area contributed by atoms with Crippen molar-refractivity contribution in [3.8, 4) is 5.75 Å². The maximum atomic E-state index is 11.9. The molecule has 4 nitrogen and oxygen atoms in total. The molecule has 3 N–H and O–H groups in total. The fraction of sp³-hybridized carbons (Fsp3) is 0.316. The molecule has 24 heavy (non-hydrogen) atoms. The first-order chi connectivity index (χ1) is 11.1. The topological polar surface area (TPSA) is 64.3 Å². The Kier molecular flexibility index (Phi) is 8.13. The van der Waals surface area contributed by atoms with Gasteiger partial charge < -0.3 is 15.8 Å². The van der Waals surface area contributed by atoms with Crippen LogP contribution in [0, 0.1) is 13.8 Å². The van der Waals surface area contributed by atoms with Gasteiger partial charge in [0.1, 0.15) is 5.75 Å². The van der Waals surface area contributed by atoms with E-state index in [1.807, 2.05) is 32.0 Å². The third-order valence-electron chi connectivity index (χ3n) is 3.63. The molecule has 1 amide bonds. The normalized spacial score (nSPS) is 9.92. The van der Waals surface area contributed by atoms with Gasteiger partial charge in [-0.2, -0.15) is 0 Å². The number of carbonyl (C=O) groups is 1. The molecule has 5 heteroatoms. The van der Waals surface area contributed by atoms with Gasteiger partial charge in [-0.05, 0) is 56.0 Å². The summed E-state index contributed by atoms with van der Waals surface area (Å²) >= 11 is 0. The number of rotatable bonds is 7. The second kappa shape index (κ2) is 9.83. The molecule has 0 fully saturated rings. The second-order valence-corrected chi connectivity index (χ2v) is 5.71. The Morgan fingerprint density at radius 2 is 1.88 bits per heavy atom. The molecule has 0 saturated heterocycles. The Hall–Kier alpha value is -2.20. The number of nitrogens with one attached hydrogen (secondary N) is 1. The molecule has 2 aromatic rings. The zero-order valence-electron chi connectivity index (χ0n) is 14.2. The summed E-state index contributed by atoms with van der Waals surface area (Å²) in [7, 11) is 0. The standard InChI is InChI=1S/C19H24N2O2.ClH/c1-14-10-11-15(2)18(13-14)23-12-6-5-9-19(22)21-17-8-4-3-7-16(17)20;/h3-4,7-8,10-11,13H,5-6,9,12,20H2,1-2H3,(H,21,22);1H. The lowest BCUT2D eigenvalue weighted by molar-refractivity contribution is -0.116. The number of unbranched alkanes of at least 4 members (excludes halogenated alkanes) is 1. The van der Waals surface area contributed by atoms with Crippen LogP contribution in [0.1, 0.15) is 30.4 Å². The van der Waals surface area contributed by atoms with Gasteiger partial charge in [0.15, 0.2) is 0 Å². The van der Waals surface area contributed by atoms with Gasteiger partial charge in [0.25, 0.3) is 0 Å². The number of hydrogen-bond donors (Lipinski definition) is 2. The second-order valence-electron chi connectivity index (χ2n) is 5.71. The Morgan fingerprint density at radius 3 is 2.62 bits per heavy atom. The highest BCUT2D eigenvalue weighted by Crippen LogP contribution is 2.20. The molecular formula is C19H25ClN2O2. The average Bonchev–Trinajstić information content (AvgIpc) is 2.52. The predicted molar refractivity (Wildman–Crippen MR) is 102 cm³/mol. The third-order valence-corrected chi connectivity index (χ3v) is 3.63. The molecule has 0 heterocycles. The quantitative estimate of drug-likeness (QED) is 0.572. The van der Waals surface area contributed by atoms with Gasteiger partial charge in [-0.15, -0.1) is 12.4 Å². The van der Waals surface area contributed by atoms with Crippen molar-refractivity contribution >= 4 is 29.7 Å². The Morgan fingerprint density at radius 1 is 1.12 bits per heavy atom. The van der Waals surface area contributed by atoms with Crippen molar-refractivity contribution in [2.45, 2.75) is 33.1 Å². The van der Waals surface area contributed by atoms with Crippen LogP contribution in [0.4, 0.5) is 11.4 Å². The molecule has 0 saturated carbocycles. The first kappa shape index (κ1) is 19.8. The summed E-state index contributed by atoms with van der Waals surface area (Å²) < 4.78 is 5.79. The van der Waals surface area contributed by atoms with Gasteiger partial charge >= 0.3 is 0 Å². The van der Waals surface area contributed by atoms with Crippen LogP contribution < -0.4 is 15.8 Å².